The van der Waals surface area contributed by atoms with Crippen molar-refractivity contribution in [1.82, 2.24) is 4.98 Å². The van der Waals surface area contributed by atoms with Gasteiger partial charge in [0.05, 0.1) is 36.7 Å². The maximum Gasteiger partial charge on any atom is 0.349 e. The van der Waals surface area contributed by atoms with Gasteiger partial charge in [-0.3, -0.25) is 9.88 Å². The molecule has 3 aromatic carbocycles. The van der Waals surface area contributed by atoms with Crippen molar-refractivity contribution in [2.45, 2.75) is 6.92 Å². The van der Waals surface area contributed by atoms with Crippen molar-refractivity contribution in [2.75, 3.05) is 19.1 Å². The zero-order valence-electron chi connectivity index (χ0n) is 23.1. The zero-order valence-corrected chi connectivity index (χ0v) is 25.5. The summed E-state index contributed by atoms with van der Waals surface area (Å²) in [6, 6.07) is 30.8. The van der Waals surface area contributed by atoms with Crippen LogP contribution >= 0.6 is 27.3 Å². The number of nitrogens with zero attached hydrogens (tertiary/aromatic N) is 3. The van der Waals surface area contributed by atoms with Crippen LogP contribution in [0.5, 0.6) is 0 Å². The summed E-state index contributed by atoms with van der Waals surface area (Å²) in [6.07, 6.45) is 1.64. The Kier molecular flexibility index (Phi) is 8.90. The van der Waals surface area contributed by atoms with Crippen LogP contribution in [0.3, 0.4) is 0 Å². The van der Waals surface area contributed by atoms with Crippen LogP contribution in [0, 0.1) is 6.92 Å². The molecule has 42 heavy (non-hydrogen) atoms. The van der Waals surface area contributed by atoms with E-state index in [2.05, 4.69) is 20.9 Å². The van der Waals surface area contributed by atoms with E-state index in [1.165, 1.54) is 14.2 Å². The molecule has 210 valence electrons. The van der Waals surface area contributed by atoms with E-state index in [4.69, 9.17) is 14.5 Å². The number of hydrogen-bond donors (Lipinski definition) is 0. The van der Waals surface area contributed by atoms with E-state index in [9.17, 15) is 9.59 Å². The van der Waals surface area contributed by atoms with Crippen molar-refractivity contribution >= 4 is 61.4 Å². The first-order valence-electron chi connectivity index (χ1n) is 12.9. The monoisotopic (exact) mass is 639 g/mol. The smallest absolute Gasteiger partial charge is 0.349 e. The molecule has 2 aromatic heterocycles. The maximum absolute atomic E-state index is 13.3. The molecule has 0 N–H and O–H groups in total. The van der Waals surface area contributed by atoms with Gasteiger partial charge in [-0.1, -0.05) is 70.0 Å². The van der Waals surface area contributed by atoms with Crippen LogP contribution in [-0.4, -0.2) is 37.0 Å². The lowest BCUT2D eigenvalue weighted by molar-refractivity contribution is 0.0561. The van der Waals surface area contributed by atoms with Crippen molar-refractivity contribution in [3.8, 4) is 11.3 Å². The van der Waals surface area contributed by atoms with Crippen LogP contribution in [0.2, 0.25) is 0 Å². The van der Waals surface area contributed by atoms with Crippen LogP contribution in [0.25, 0.3) is 11.3 Å². The first-order valence-corrected chi connectivity index (χ1v) is 14.5. The lowest BCUT2D eigenvalue weighted by Crippen LogP contribution is -2.27. The molecule has 5 rings (SSSR count). The van der Waals surface area contributed by atoms with Gasteiger partial charge in [0.1, 0.15) is 15.7 Å². The molecule has 9 heteroatoms. The maximum atomic E-state index is 13.3. The summed E-state index contributed by atoms with van der Waals surface area (Å²) in [5.74, 6) is -0.754. The number of amidine groups is 1. The van der Waals surface area contributed by atoms with Gasteiger partial charge in [-0.05, 0) is 55.5 Å². The summed E-state index contributed by atoms with van der Waals surface area (Å²) in [4.78, 5) is 38.2. The van der Waals surface area contributed by atoms with E-state index in [-0.39, 0.29) is 10.4 Å². The molecule has 7 nitrogen and oxygen atoms in total. The second-order valence-corrected chi connectivity index (χ2v) is 11.0. The summed E-state index contributed by atoms with van der Waals surface area (Å²) in [5.41, 5.74) is 4.42. The number of aryl methyl sites for hydroxylation is 1. The molecule has 0 radical (unpaired) electrons. The lowest BCUT2D eigenvalue weighted by atomic mass is 10.0. The normalized spacial score (nSPS) is 11.2. The number of aromatic nitrogens is 1. The van der Waals surface area contributed by atoms with Crippen molar-refractivity contribution in [1.29, 1.82) is 0 Å². The van der Waals surface area contributed by atoms with E-state index in [0.29, 0.717) is 22.1 Å². The van der Waals surface area contributed by atoms with Gasteiger partial charge in [-0.2, -0.15) is 0 Å². The van der Waals surface area contributed by atoms with Crippen molar-refractivity contribution in [2.24, 2.45) is 4.99 Å². The number of benzene rings is 3. The second kappa shape index (κ2) is 12.9. The third-order valence-electron chi connectivity index (χ3n) is 6.37. The van der Waals surface area contributed by atoms with Gasteiger partial charge < -0.3 is 9.47 Å². The van der Waals surface area contributed by atoms with Gasteiger partial charge in [0.15, 0.2) is 0 Å². The lowest BCUT2D eigenvalue weighted by Gasteiger charge is -2.27. The predicted octanol–water partition coefficient (Wildman–Crippen LogP) is 8.37. The van der Waals surface area contributed by atoms with E-state index in [1.54, 1.807) is 18.3 Å². The van der Waals surface area contributed by atoms with E-state index in [0.717, 1.165) is 38.3 Å². The predicted molar refractivity (Wildman–Crippen MR) is 170 cm³/mol. The molecule has 0 amide bonds. The first-order chi connectivity index (χ1) is 20.4. The summed E-state index contributed by atoms with van der Waals surface area (Å²) in [5, 5.41) is 0.548. The Morgan fingerprint density at radius 2 is 1.50 bits per heavy atom. The van der Waals surface area contributed by atoms with Crippen molar-refractivity contribution in [3.63, 3.8) is 0 Å². The SMILES string of the molecule is COC(=O)c1sc(N(C(=Nc2ccc(C)cc2)c2ccccc2)c2ccc(Br)cc2)c(-c2ccccn2)c1C(=O)OC. The van der Waals surface area contributed by atoms with Crippen LogP contribution in [0.4, 0.5) is 16.4 Å². The number of methoxy groups -OCH3 is 2. The van der Waals surface area contributed by atoms with Crippen molar-refractivity contribution < 1.29 is 19.1 Å². The third kappa shape index (κ3) is 6.02. The molecule has 0 aliphatic rings. The Morgan fingerprint density at radius 1 is 0.833 bits per heavy atom. The van der Waals surface area contributed by atoms with Gasteiger partial charge in [-0.25, -0.2) is 14.6 Å². The number of carbonyl (C=O) groups is 2. The van der Waals surface area contributed by atoms with Crippen LogP contribution in [-0.2, 0) is 9.47 Å². The average Bonchev–Trinajstić information content (AvgIpc) is 3.43. The number of esters is 2. The standard InChI is InChI=1S/C33H26BrN3O4S/c1-21-12-16-24(17-13-21)36-30(22-9-5-4-6-10-22)37(25-18-14-23(34)15-19-25)31-27(26-11-7-8-20-35-26)28(32(38)40-2)29(42-31)33(39)41-3/h4-20H,1-3H3. The molecule has 0 fully saturated rings. The number of halogens is 1. The fraction of sp³-hybridized carbons (Fsp3) is 0.0909. The number of aliphatic imine (C=N–C) groups is 1. The molecule has 0 aliphatic carbocycles. The highest BCUT2D eigenvalue weighted by molar-refractivity contribution is 9.10. The number of hydrogen-bond acceptors (Lipinski definition) is 7. The molecule has 0 spiro atoms. The largest absolute Gasteiger partial charge is 0.465 e. The number of ether oxygens (including phenoxy) is 2. The molecule has 0 unspecified atom stereocenters. The van der Waals surface area contributed by atoms with Crippen LogP contribution in [0.1, 0.15) is 31.2 Å². The molecule has 5 aromatic rings. The van der Waals surface area contributed by atoms with E-state index < -0.39 is 11.9 Å². The van der Waals surface area contributed by atoms with Gasteiger partial charge in [0.2, 0.25) is 0 Å². The zero-order chi connectivity index (χ0) is 29.6. The van der Waals surface area contributed by atoms with E-state index in [1.807, 2.05) is 96.8 Å². The van der Waals surface area contributed by atoms with E-state index >= 15 is 0 Å². The summed E-state index contributed by atoms with van der Waals surface area (Å²) < 4.78 is 11.2. The third-order valence-corrected chi connectivity index (χ3v) is 8.06. The number of pyridine rings is 1. The quantitative estimate of drug-likeness (QED) is 0.101. The number of rotatable bonds is 7. The summed E-state index contributed by atoms with van der Waals surface area (Å²) in [7, 11) is 2.56. The fourth-order valence-electron chi connectivity index (χ4n) is 4.36. The Hall–Kier alpha value is -4.60. The van der Waals surface area contributed by atoms with Gasteiger partial charge in [0.25, 0.3) is 0 Å². The number of carbonyl (C=O) groups excluding carboxylic acids is 2. The molecule has 0 saturated carbocycles. The Labute approximate surface area is 256 Å². The van der Waals surface area contributed by atoms with Gasteiger partial charge >= 0.3 is 11.9 Å². The minimum Gasteiger partial charge on any atom is -0.465 e. The minimum atomic E-state index is -0.675. The molecular formula is C33H26BrN3O4S. The van der Waals surface area contributed by atoms with Gasteiger partial charge in [0, 0.05) is 21.9 Å². The highest BCUT2D eigenvalue weighted by atomic mass is 79.9. The highest BCUT2D eigenvalue weighted by Crippen LogP contribution is 2.47. The van der Waals surface area contributed by atoms with Crippen LogP contribution < -0.4 is 4.90 Å². The number of anilines is 2. The summed E-state index contributed by atoms with van der Waals surface area (Å²) >= 11 is 4.66. The molecule has 0 atom stereocenters. The first kappa shape index (κ1) is 28.9. The molecule has 0 bridgehead atoms. The molecule has 0 saturated heterocycles. The topological polar surface area (TPSA) is 81.1 Å². The Morgan fingerprint density at radius 3 is 2.12 bits per heavy atom. The number of thiophene rings is 1. The van der Waals surface area contributed by atoms with Crippen LogP contribution in [0.15, 0.2) is 113 Å². The average molecular weight is 641 g/mol. The Balaban J connectivity index is 1.91. The second-order valence-electron chi connectivity index (χ2n) is 9.13. The molecule has 0 aliphatic heterocycles. The molecular weight excluding hydrogens is 614 g/mol. The minimum absolute atomic E-state index is 0.0768. The van der Waals surface area contributed by atoms with Crippen molar-refractivity contribution in [3.05, 3.63) is 129 Å². The Bertz CT molecular complexity index is 1740. The highest BCUT2D eigenvalue weighted by Gasteiger charge is 2.34. The summed E-state index contributed by atoms with van der Waals surface area (Å²) in [6.45, 7) is 2.02. The van der Waals surface area contributed by atoms with Gasteiger partial charge in [-0.15, -0.1) is 11.3 Å². The fourth-order valence-corrected chi connectivity index (χ4v) is 5.86. The molecule has 2 heterocycles.